The molecule has 1 amide bonds. The van der Waals surface area contributed by atoms with E-state index in [0.717, 1.165) is 56.9 Å². The smallest absolute Gasteiger partial charge is 0.287 e. The number of rotatable bonds is 6. The van der Waals surface area contributed by atoms with Crippen molar-refractivity contribution in [2.24, 2.45) is 0 Å². The molecule has 2 saturated heterocycles. The summed E-state index contributed by atoms with van der Waals surface area (Å²) in [5.74, 6) is 0.0106. The second-order valence-corrected chi connectivity index (χ2v) is 10.2. The van der Waals surface area contributed by atoms with Crippen molar-refractivity contribution in [2.75, 3.05) is 31.1 Å². The lowest BCUT2D eigenvalue weighted by Gasteiger charge is -2.36. The van der Waals surface area contributed by atoms with Crippen molar-refractivity contribution in [2.45, 2.75) is 51.4 Å². The van der Waals surface area contributed by atoms with Gasteiger partial charge in [0.05, 0.1) is 0 Å². The van der Waals surface area contributed by atoms with Crippen LogP contribution in [-0.4, -0.2) is 64.7 Å². The molecule has 190 valence electrons. The van der Waals surface area contributed by atoms with Crippen molar-refractivity contribution in [1.82, 2.24) is 25.1 Å². The second kappa shape index (κ2) is 10.8. The third-order valence-corrected chi connectivity index (χ3v) is 7.12. The molecule has 3 aromatic rings. The van der Waals surface area contributed by atoms with Crippen molar-refractivity contribution in [3.63, 3.8) is 0 Å². The molecule has 1 aromatic heterocycles. The Morgan fingerprint density at radius 1 is 1.00 bits per heavy atom. The molecule has 2 N–H and O–H groups in total. The molecular formula is C28H35FN6O. The average Bonchev–Trinajstić information content (AvgIpc) is 3.35. The largest absolute Gasteiger partial charge is 0.371 e. The molecule has 0 unspecified atom stereocenters. The average molecular weight is 491 g/mol. The number of hydrogen-bond acceptors (Lipinski definition) is 5. The summed E-state index contributed by atoms with van der Waals surface area (Å²) in [7, 11) is 0. The Morgan fingerprint density at radius 3 is 2.31 bits per heavy atom. The fraction of sp³-hybridized carbons (Fsp3) is 0.429. The van der Waals surface area contributed by atoms with Gasteiger partial charge in [-0.1, -0.05) is 12.1 Å². The van der Waals surface area contributed by atoms with Crippen LogP contribution >= 0.6 is 0 Å². The van der Waals surface area contributed by atoms with Crippen molar-refractivity contribution < 1.29 is 9.18 Å². The molecule has 8 heteroatoms. The second-order valence-electron chi connectivity index (χ2n) is 10.2. The number of nitrogens with zero attached hydrogens (tertiary/aromatic N) is 4. The molecule has 2 aliphatic heterocycles. The predicted molar refractivity (Wildman–Crippen MR) is 140 cm³/mol. The number of hydrogen-bond donors (Lipinski definition) is 2. The summed E-state index contributed by atoms with van der Waals surface area (Å²) < 4.78 is 15.1. The van der Waals surface area contributed by atoms with Crippen LogP contribution in [-0.2, 0) is 6.54 Å². The maximum absolute atomic E-state index is 13.2. The summed E-state index contributed by atoms with van der Waals surface area (Å²) >= 11 is 0. The number of piperazine rings is 1. The maximum Gasteiger partial charge on any atom is 0.287 e. The third-order valence-electron chi connectivity index (χ3n) is 7.12. The van der Waals surface area contributed by atoms with Gasteiger partial charge in [-0.15, -0.1) is 0 Å². The first-order chi connectivity index (χ1) is 17.4. The van der Waals surface area contributed by atoms with E-state index in [2.05, 4.69) is 63.5 Å². The van der Waals surface area contributed by atoms with Gasteiger partial charge in [0.25, 0.3) is 5.91 Å². The van der Waals surface area contributed by atoms with Crippen molar-refractivity contribution in [3.05, 3.63) is 78.1 Å². The molecule has 3 heterocycles. The van der Waals surface area contributed by atoms with Gasteiger partial charge >= 0.3 is 0 Å². The first kappa shape index (κ1) is 24.5. The van der Waals surface area contributed by atoms with Crippen LogP contribution in [0, 0.1) is 5.82 Å². The monoisotopic (exact) mass is 490 g/mol. The van der Waals surface area contributed by atoms with Crippen LogP contribution in [0.25, 0.3) is 5.69 Å². The lowest BCUT2D eigenvalue weighted by Crippen LogP contribution is -2.53. The molecule has 0 spiro atoms. The van der Waals surface area contributed by atoms with Crippen molar-refractivity contribution in [3.8, 4) is 5.69 Å². The third kappa shape index (κ3) is 5.77. The summed E-state index contributed by atoms with van der Waals surface area (Å²) in [6.45, 7) is 9.10. The van der Waals surface area contributed by atoms with E-state index in [4.69, 9.17) is 0 Å². The van der Waals surface area contributed by atoms with Crippen LogP contribution in [0.5, 0.6) is 0 Å². The molecule has 0 aliphatic carbocycles. The molecule has 0 bridgehead atoms. The van der Waals surface area contributed by atoms with E-state index in [1.807, 2.05) is 10.8 Å². The van der Waals surface area contributed by atoms with Crippen LogP contribution in [0.2, 0.25) is 0 Å². The van der Waals surface area contributed by atoms with Gasteiger partial charge < -0.3 is 15.5 Å². The van der Waals surface area contributed by atoms with Gasteiger partial charge in [-0.3, -0.25) is 14.3 Å². The van der Waals surface area contributed by atoms with Gasteiger partial charge in [-0.2, -0.15) is 0 Å². The Labute approximate surface area is 212 Å². The molecule has 2 atom stereocenters. The fourth-order valence-electron chi connectivity index (χ4n) is 5.45. The number of benzene rings is 2. The topological polar surface area (TPSA) is 65.4 Å². The number of aromatic nitrogens is 2. The minimum atomic E-state index is -0.227. The highest BCUT2D eigenvalue weighted by molar-refractivity contribution is 5.91. The molecule has 36 heavy (non-hydrogen) atoms. The minimum Gasteiger partial charge on any atom is -0.371 e. The summed E-state index contributed by atoms with van der Waals surface area (Å²) in [4.78, 5) is 22.2. The standard InChI is InChI=1S/C28H35FN6O/c1-20-17-33(18-21(2)31-20)19-22-3-7-26(8-4-22)35-16-13-30-27(35)28(36)32-24-11-14-34(15-12-24)25-9-5-23(29)6-10-25/h3-10,13,16,20-21,24,31H,11-12,14-15,17-19H2,1-2H3,(H,32,36)/t20-,21+. The summed E-state index contributed by atoms with van der Waals surface area (Å²) in [6.07, 6.45) is 5.17. The molecule has 5 rings (SSSR count). The molecular weight excluding hydrogens is 455 g/mol. The van der Waals surface area contributed by atoms with Crippen LogP contribution in [0.3, 0.4) is 0 Å². The Hall–Kier alpha value is -3.23. The highest BCUT2D eigenvalue weighted by atomic mass is 19.1. The lowest BCUT2D eigenvalue weighted by atomic mass is 10.0. The first-order valence-corrected chi connectivity index (χ1v) is 12.9. The SMILES string of the molecule is C[C@@H]1CN(Cc2ccc(-n3ccnc3C(=O)NC3CCN(c4ccc(F)cc4)CC3)cc2)C[C@H](C)N1. The highest BCUT2D eigenvalue weighted by Gasteiger charge is 2.24. The Morgan fingerprint density at radius 2 is 1.64 bits per heavy atom. The Balaban J connectivity index is 1.17. The fourth-order valence-corrected chi connectivity index (χ4v) is 5.45. The zero-order valence-electron chi connectivity index (χ0n) is 21.0. The number of carbonyl (C=O) groups is 1. The zero-order valence-corrected chi connectivity index (χ0v) is 21.0. The summed E-state index contributed by atoms with van der Waals surface area (Å²) in [5.41, 5.74) is 3.20. The number of anilines is 1. The number of carbonyl (C=O) groups excluding carboxylic acids is 1. The van der Waals surface area contributed by atoms with E-state index in [1.54, 1.807) is 18.3 Å². The van der Waals surface area contributed by atoms with Crippen LogP contribution < -0.4 is 15.5 Å². The van der Waals surface area contributed by atoms with E-state index in [9.17, 15) is 9.18 Å². The van der Waals surface area contributed by atoms with E-state index in [0.29, 0.717) is 17.9 Å². The predicted octanol–water partition coefficient (Wildman–Crippen LogP) is 3.59. The molecule has 2 aromatic carbocycles. The zero-order chi connectivity index (χ0) is 25.1. The summed E-state index contributed by atoms with van der Waals surface area (Å²) in [6, 6.07) is 16.1. The van der Waals surface area contributed by atoms with E-state index in [-0.39, 0.29) is 17.8 Å². The molecule has 7 nitrogen and oxygen atoms in total. The first-order valence-electron chi connectivity index (χ1n) is 12.9. The van der Waals surface area contributed by atoms with Gasteiger partial charge in [0.1, 0.15) is 5.82 Å². The normalized spacial score (nSPS) is 21.5. The molecule has 0 radical (unpaired) electrons. The molecule has 2 fully saturated rings. The number of amides is 1. The summed E-state index contributed by atoms with van der Waals surface area (Å²) in [5, 5.41) is 6.74. The van der Waals surface area contributed by atoms with Crippen LogP contribution in [0.15, 0.2) is 60.9 Å². The van der Waals surface area contributed by atoms with Crippen molar-refractivity contribution >= 4 is 11.6 Å². The van der Waals surface area contributed by atoms with E-state index in [1.165, 1.54) is 17.7 Å². The molecule has 2 aliphatic rings. The van der Waals surface area contributed by atoms with E-state index >= 15 is 0 Å². The molecule has 0 saturated carbocycles. The quantitative estimate of drug-likeness (QED) is 0.553. The Kier molecular flexibility index (Phi) is 7.34. The van der Waals surface area contributed by atoms with Gasteiger partial charge in [-0.05, 0) is 68.7 Å². The highest BCUT2D eigenvalue weighted by Crippen LogP contribution is 2.21. The van der Waals surface area contributed by atoms with Crippen LogP contribution in [0.4, 0.5) is 10.1 Å². The number of nitrogens with one attached hydrogen (secondary N) is 2. The Bertz CT molecular complexity index is 1140. The van der Waals surface area contributed by atoms with Gasteiger partial charge in [0.2, 0.25) is 5.82 Å². The number of halogens is 1. The van der Waals surface area contributed by atoms with Gasteiger partial charge in [-0.25, -0.2) is 9.37 Å². The number of imidazole rings is 1. The lowest BCUT2D eigenvalue weighted by molar-refractivity contribution is 0.0919. The minimum absolute atomic E-state index is 0.0885. The van der Waals surface area contributed by atoms with Gasteiger partial charge in [0, 0.05) is 74.6 Å². The van der Waals surface area contributed by atoms with Crippen LogP contribution in [0.1, 0.15) is 42.9 Å². The van der Waals surface area contributed by atoms with Gasteiger partial charge in [0.15, 0.2) is 0 Å². The number of piperidine rings is 1. The van der Waals surface area contributed by atoms with E-state index < -0.39 is 0 Å². The maximum atomic E-state index is 13.2. The van der Waals surface area contributed by atoms with Crippen molar-refractivity contribution in [1.29, 1.82) is 0 Å².